The quantitative estimate of drug-likeness (QED) is 0.0222. The van der Waals surface area contributed by atoms with Crippen LogP contribution >= 0.6 is 15.6 Å². The minimum atomic E-state index is -4.97. The summed E-state index contributed by atoms with van der Waals surface area (Å²) in [4.78, 5) is 73.2. The Labute approximate surface area is 683 Å². The van der Waals surface area contributed by atoms with Crippen molar-refractivity contribution in [3.8, 4) is 0 Å². The van der Waals surface area contributed by atoms with Crippen LogP contribution in [0.1, 0.15) is 509 Å². The second-order valence-corrected chi connectivity index (χ2v) is 36.0. The van der Waals surface area contributed by atoms with Crippen LogP contribution < -0.4 is 0 Å². The Morgan fingerprint density at radius 1 is 0.216 bits per heavy atom. The third-order valence-corrected chi connectivity index (χ3v) is 23.8. The molecule has 0 amide bonds. The molecular formula is C92H180O17P2. The van der Waals surface area contributed by atoms with Gasteiger partial charge in [-0.2, -0.15) is 0 Å². The van der Waals surface area contributed by atoms with Crippen molar-refractivity contribution in [1.29, 1.82) is 0 Å². The number of hydrogen-bond acceptors (Lipinski definition) is 15. The minimum Gasteiger partial charge on any atom is -0.462 e. The number of carbonyl (C=O) groups is 4. The van der Waals surface area contributed by atoms with Crippen LogP contribution in [0.4, 0.5) is 0 Å². The zero-order chi connectivity index (χ0) is 81.0. The van der Waals surface area contributed by atoms with Crippen LogP contribution in [0.25, 0.3) is 0 Å². The smallest absolute Gasteiger partial charge is 0.462 e. The predicted molar refractivity (Wildman–Crippen MR) is 460 cm³/mol. The first-order valence-corrected chi connectivity index (χ1v) is 50.8. The van der Waals surface area contributed by atoms with Crippen LogP contribution in [0.5, 0.6) is 0 Å². The van der Waals surface area contributed by atoms with Gasteiger partial charge in [-0.3, -0.25) is 37.3 Å². The molecule has 0 rings (SSSR count). The summed E-state index contributed by atoms with van der Waals surface area (Å²) in [5.74, 6) is -2.10. The fraction of sp³-hybridized carbons (Fsp3) is 0.957. The molecule has 0 radical (unpaired) electrons. The maximum atomic E-state index is 13.2. The number of ether oxygens (including phenoxy) is 4. The van der Waals surface area contributed by atoms with Crippen LogP contribution in [0, 0.1) is 0 Å². The topological polar surface area (TPSA) is 237 Å². The Morgan fingerprint density at radius 3 is 0.532 bits per heavy atom. The molecule has 0 aliphatic carbocycles. The van der Waals surface area contributed by atoms with Crippen molar-refractivity contribution in [2.75, 3.05) is 39.6 Å². The zero-order valence-electron chi connectivity index (χ0n) is 73.0. The van der Waals surface area contributed by atoms with E-state index in [-0.39, 0.29) is 25.7 Å². The Hall–Kier alpha value is -1.94. The van der Waals surface area contributed by atoms with E-state index >= 15 is 0 Å². The number of hydrogen-bond donors (Lipinski definition) is 3. The summed E-state index contributed by atoms with van der Waals surface area (Å²) < 4.78 is 68.9. The Bertz CT molecular complexity index is 2090. The lowest BCUT2D eigenvalue weighted by Crippen LogP contribution is -2.30. The van der Waals surface area contributed by atoms with Gasteiger partial charge in [-0.25, -0.2) is 9.13 Å². The lowest BCUT2D eigenvalue weighted by atomic mass is 10.0. The molecule has 5 atom stereocenters. The molecular weight excluding hydrogens is 1440 g/mol. The highest BCUT2D eigenvalue weighted by atomic mass is 31.2. The van der Waals surface area contributed by atoms with Gasteiger partial charge in [0.2, 0.25) is 0 Å². The standard InChI is InChI=1S/C92H180O17P2/c1-5-9-13-17-21-24-27-30-33-36-39-42-44-47-49-52-55-58-61-65-69-73-77-90(95)103-83-88(109-92(97)79-75-71-67-63-60-57-54-51-48-45-43-40-37-34-31-28-25-22-18-14-10-6-2)85-107-111(100,101)105-81-86(93)80-104-110(98,99)106-84-87(82-102-89(94)76-72-68-64-20-16-12-8-4)108-91(96)78-74-70-66-62-59-56-53-50-46-41-38-35-32-29-26-23-19-15-11-7-3/h86-88,93H,5-85H2,1-4H3,(H,98,99)(H,100,101)/t86-,87+,88+/m0/s1. The van der Waals surface area contributed by atoms with Gasteiger partial charge in [0.25, 0.3) is 0 Å². The van der Waals surface area contributed by atoms with Crippen molar-refractivity contribution in [2.45, 2.75) is 528 Å². The third kappa shape index (κ3) is 85.8. The molecule has 0 aliphatic heterocycles. The number of aliphatic hydroxyl groups is 1. The lowest BCUT2D eigenvalue weighted by Gasteiger charge is -2.21. The van der Waals surface area contributed by atoms with Gasteiger partial charge in [0, 0.05) is 25.7 Å². The molecule has 0 aromatic heterocycles. The molecule has 0 aromatic carbocycles. The van der Waals surface area contributed by atoms with Crippen molar-refractivity contribution in [3.05, 3.63) is 0 Å². The lowest BCUT2D eigenvalue weighted by molar-refractivity contribution is -0.161. The van der Waals surface area contributed by atoms with Crippen molar-refractivity contribution in [2.24, 2.45) is 0 Å². The van der Waals surface area contributed by atoms with E-state index in [2.05, 4.69) is 27.7 Å². The van der Waals surface area contributed by atoms with Crippen molar-refractivity contribution < 1.29 is 80.2 Å². The number of esters is 4. The summed E-state index contributed by atoms with van der Waals surface area (Å²) in [6.07, 6.45) is 83.9. The van der Waals surface area contributed by atoms with Gasteiger partial charge in [0.05, 0.1) is 26.4 Å². The first-order valence-electron chi connectivity index (χ1n) is 47.8. The highest BCUT2D eigenvalue weighted by Crippen LogP contribution is 2.45. The maximum absolute atomic E-state index is 13.2. The maximum Gasteiger partial charge on any atom is 0.472 e. The molecule has 0 heterocycles. The van der Waals surface area contributed by atoms with Gasteiger partial charge in [-0.1, -0.05) is 458 Å². The van der Waals surface area contributed by atoms with Crippen molar-refractivity contribution >= 4 is 39.5 Å². The Morgan fingerprint density at radius 2 is 0.360 bits per heavy atom. The van der Waals surface area contributed by atoms with Crippen molar-refractivity contribution in [1.82, 2.24) is 0 Å². The van der Waals surface area contributed by atoms with Gasteiger partial charge in [0.15, 0.2) is 12.2 Å². The van der Waals surface area contributed by atoms with Crippen LogP contribution in [-0.4, -0.2) is 96.7 Å². The van der Waals surface area contributed by atoms with E-state index in [1.807, 2.05) is 0 Å². The van der Waals surface area contributed by atoms with Gasteiger partial charge in [0.1, 0.15) is 19.3 Å². The fourth-order valence-electron chi connectivity index (χ4n) is 14.6. The largest absolute Gasteiger partial charge is 0.472 e. The zero-order valence-corrected chi connectivity index (χ0v) is 74.7. The molecule has 2 unspecified atom stereocenters. The minimum absolute atomic E-state index is 0.109. The monoisotopic (exact) mass is 1620 g/mol. The molecule has 0 saturated carbocycles. The molecule has 0 aliphatic rings. The highest BCUT2D eigenvalue weighted by Gasteiger charge is 2.31. The van der Waals surface area contributed by atoms with Crippen LogP contribution in [0.3, 0.4) is 0 Å². The van der Waals surface area contributed by atoms with Gasteiger partial charge in [-0.15, -0.1) is 0 Å². The molecule has 111 heavy (non-hydrogen) atoms. The molecule has 17 nitrogen and oxygen atoms in total. The molecule has 0 saturated heterocycles. The summed E-state index contributed by atoms with van der Waals surface area (Å²) in [5, 5.41) is 10.7. The highest BCUT2D eigenvalue weighted by molar-refractivity contribution is 7.47. The van der Waals surface area contributed by atoms with E-state index in [1.54, 1.807) is 0 Å². The SMILES string of the molecule is CCCCCCCCCCCCCCCCCCCCCCCCC(=O)OC[C@H](COP(=O)(O)OC[C@@H](O)COP(=O)(O)OC[C@@H](COC(=O)CCCCCCCCC)OC(=O)CCCCCCCCCCCCCCCCCCCCCC)OC(=O)CCCCCCCCCCCCCCCCCCCCCCCC. The average molecular weight is 1620 g/mol. The van der Waals surface area contributed by atoms with E-state index in [4.69, 9.17) is 37.0 Å². The Balaban J connectivity index is 5.13. The van der Waals surface area contributed by atoms with Gasteiger partial charge < -0.3 is 33.8 Å². The molecule has 19 heteroatoms. The van der Waals surface area contributed by atoms with E-state index in [9.17, 15) is 43.2 Å². The number of phosphoric acid groups is 2. The van der Waals surface area contributed by atoms with Gasteiger partial charge in [-0.05, 0) is 25.7 Å². The van der Waals surface area contributed by atoms with Crippen LogP contribution in [0.15, 0.2) is 0 Å². The summed E-state index contributed by atoms with van der Waals surface area (Å²) >= 11 is 0. The second-order valence-electron chi connectivity index (χ2n) is 33.1. The fourth-order valence-corrected chi connectivity index (χ4v) is 16.2. The van der Waals surface area contributed by atoms with E-state index < -0.39 is 97.5 Å². The number of aliphatic hydroxyl groups excluding tert-OH is 1. The molecule has 0 fully saturated rings. The summed E-state index contributed by atoms with van der Waals surface area (Å²) in [7, 11) is -9.93. The molecule has 3 N–H and O–H groups in total. The normalized spacial score (nSPS) is 13.6. The average Bonchev–Trinajstić information content (AvgIpc) is 0.900. The van der Waals surface area contributed by atoms with E-state index in [0.717, 1.165) is 103 Å². The summed E-state index contributed by atoms with van der Waals surface area (Å²) in [6, 6.07) is 0. The van der Waals surface area contributed by atoms with Crippen LogP contribution in [-0.2, 0) is 65.4 Å². The molecule has 0 spiro atoms. The summed E-state index contributed by atoms with van der Waals surface area (Å²) in [5.41, 5.74) is 0. The third-order valence-electron chi connectivity index (χ3n) is 21.9. The molecule has 0 bridgehead atoms. The predicted octanol–water partition coefficient (Wildman–Crippen LogP) is 28.9. The van der Waals surface area contributed by atoms with Crippen LogP contribution in [0.2, 0.25) is 0 Å². The first kappa shape index (κ1) is 109. The number of carbonyl (C=O) groups excluding carboxylic acids is 4. The molecule has 0 aromatic rings. The van der Waals surface area contributed by atoms with Crippen molar-refractivity contribution in [3.63, 3.8) is 0 Å². The Kier molecular flexibility index (Phi) is 84.4. The number of unbranched alkanes of at least 4 members (excludes halogenated alkanes) is 67. The van der Waals surface area contributed by atoms with E-state index in [0.29, 0.717) is 25.7 Å². The first-order chi connectivity index (χ1) is 54.2. The number of rotatable bonds is 93. The van der Waals surface area contributed by atoms with E-state index in [1.165, 1.54) is 327 Å². The summed E-state index contributed by atoms with van der Waals surface area (Å²) in [6.45, 7) is 5.04. The molecule has 660 valence electrons. The van der Waals surface area contributed by atoms with Gasteiger partial charge >= 0.3 is 39.5 Å². The number of phosphoric ester groups is 2. The second kappa shape index (κ2) is 85.9.